The van der Waals surface area contributed by atoms with Gasteiger partial charge in [-0.15, -0.1) is 0 Å². The Bertz CT molecular complexity index is 591. The second kappa shape index (κ2) is 8.07. The van der Waals surface area contributed by atoms with E-state index in [0.717, 1.165) is 0 Å². The van der Waals surface area contributed by atoms with Gasteiger partial charge in [-0.25, -0.2) is 0 Å². The molecular formula is C21H33NO4. The van der Waals surface area contributed by atoms with E-state index in [9.17, 15) is 15.0 Å². The van der Waals surface area contributed by atoms with Gasteiger partial charge in [-0.3, -0.25) is 9.69 Å². The Kier molecular flexibility index (Phi) is 6.48. The first-order valence-electron chi connectivity index (χ1n) is 9.45. The zero-order valence-electron chi connectivity index (χ0n) is 16.7. The Morgan fingerprint density at radius 2 is 1.73 bits per heavy atom. The zero-order chi connectivity index (χ0) is 19.5. The van der Waals surface area contributed by atoms with E-state index in [1.54, 1.807) is 24.3 Å². The van der Waals surface area contributed by atoms with Crippen molar-refractivity contribution in [3.63, 3.8) is 0 Å². The number of likely N-dealkylation sites (tertiary alicyclic amines) is 1. The minimum atomic E-state index is -0.638. The lowest BCUT2D eigenvalue weighted by atomic mass is 9.78. The number of ketones is 1. The molecule has 0 aromatic heterocycles. The predicted octanol–water partition coefficient (Wildman–Crippen LogP) is 3.03. The van der Waals surface area contributed by atoms with Gasteiger partial charge in [0, 0.05) is 29.6 Å². The highest BCUT2D eigenvalue weighted by atomic mass is 16.5. The first kappa shape index (κ1) is 20.9. The number of aliphatic hydroxyl groups is 2. The number of hydrogen-bond donors (Lipinski definition) is 2. The molecule has 1 heterocycles. The average Bonchev–Trinajstić information content (AvgIpc) is 2.55. The molecular weight excluding hydrogens is 330 g/mol. The number of Topliss-reactive ketones (excluding diaryl/α,β-unsaturated/α-hetero) is 1. The lowest BCUT2D eigenvalue weighted by molar-refractivity contribution is -0.1000. The number of hydrogen-bond acceptors (Lipinski definition) is 5. The Hall–Kier alpha value is -1.43. The van der Waals surface area contributed by atoms with Gasteiger partial charge in [0.25, 0.3) is 0 Å². The van der Waals surface area contributed by atoms with Gasteiger partial charge in [-0.05, 0) is 64.8 Å². The topological polar surface area (TPSA) is 70.0 Å². The molecule has 1 aromatic carbocycles. The third-order valence-corrected chi connectivity index (χ3v) is 5.26. The number of β-amino-alcohol motifs (C(OH)–C–C–N with tert-alkyl or cyclic N) is 1. The van der Waals surface area contributed by atoms with Crippen LogP contribution >= 0.6 is 0 Å². The molecule has 0 saturated carbocycles. The molecule has 1 aliphatic rings. The van der Waals surface area contributed by atoms with Crippen molar-refractivity contribution in [2.24, 2.45) is 0 Å². The number of carbonyl (C=O) groups is 1. The molecule has 2 N–H and O–H groups in total. The minimum absolute atomic E-state index is 0.105. The van der Waals surface area contributed by atoms with Crippen LogP contribution in [0.5, 0.6) is 5.75 Å². The van der Waals surface area contributed by atoms with E-state index in [0.29, 0.717) is 37.1 Å². The maximum Gasteiger partial charge on any atom is 0.162 e. The third-order valence-electron chi connectivity index (χ3n) is 5.26. The highest BCUT2D eigenvalue weighted by Gasteiger charge is 2.45. The van der Waals surface area contributed by atoms with E-state index in [2.05, 4.69) is 32.6 Å². The number of piperidine rings is 1. The van der Waals surface area contributed by atoms with Gasteiger partial charge in [-0.1, -0.05) is 6.92 Å². The van der Waals surface area contributed by atoms with Gasteiger partial charge in [0.1, 0.15) is 18.5 Å². The van der Waals surface area contributed by atoms with Crippen LogP contribution in [0.15, 0.2) is 24.3 Å². The summed E-state index contributed by atoms with van der Waals surface area (Å²) in [6.07, 6.45) is 0.915. The highest BCUT2D eigenvalue weighted by Crippen LogP contribution is 2.38. The Labute approximate surface area is 157 Å². The fourth-order valence-electron chi connectivity index (χ4n) is 4.16. The fourth-order valence-corrected chi connectivity index (χ4v) is 4.16. The van der Waals surface area contributed by atoms with E-state index in [1.165, 1.54) is 0 Å². The van der Waals surface area contributed by atoms with E-state index >= 15 is 0 Å². The Morgan fingerprint density at radius 3 is 2.23 bits per heavy atom. The number of carbonyl (C=O) groups excluding carboxylic acids is 1. The van der Waals surface area contributed by atoms with Crippen LogP contribution in [-0.4, -0.2) is 57.3 Å². The van der Waals surface area contributed by atoms with Crippen molar-refractivity contribution in [1.82, 2.24) is 4.90 Å². The van der Waals surface area contributed by atoms with E-state index in [1.807, 2.05) is 6.92 Å². The van der Waals surface area contributed by atoms with E-state index in [-0.39, 0.29) is 29.6 Å². The molecule has 1 aromatic rings. The summed E-state index contributed by atoms with van der Waals surface area (Å²) in [5.74, 6) is 0.748. The zero-order valence-corrected chi connectivity index (χ0v) is 16.7. The molecule has 0 amide bonds. The number of benzene rings is 1. The van der Waals surface area contributed by atoms with Crippen molar-refractivity contribution in [2.45, 2.75) is 77.2 Å². The van der Waals surface area contributed by atoms with Crippen LogP contribution in [0.4, 0.5) is 0 Å². The van der Waals surface area contributed by atoms with Crippen LogP contribution in [0.1, 0.15) is 64.2 Å². The first-order valence-corrected chi connectivity index (χ1v) is 9.45. The lowest BCUT2D eigenvalue weighted by Crippen LogP contribution is -2.63. The van der Waals surface area contributed by atoms with Gasteiger partial charge in [-0.2, -0.15) is 0 Å². The molecule has 5 nitrogen and oxygen atoms in total. The quantitative estimate of drug-likeness (QED) is 0.729. The van der Waals surface area contributed by atoms with Gasteiger partial charge in [0.05, 0.1) is 6.10 Å². The molecule has 1 fully saturated rings. The van der Waals surface area contributed by atoms with Crippen molar-refractivity contribution in [1.29, 1.82) is 0 Å². The van der Waals surface area contributed by atoms with Crippen LogP contribution in [0.3, 0.4) is 0 Å². The van der Waals surface area contributed by atoms with Crippen LogP contribution in [0.25, 0.3) is 0 Å². The molecule has 0 radical (unpaired) electrons. The Balaban J connectivity index is 1.93. The van der Waals surface area contributed by atoms with E-state index in [4.69, 9.17) is 4.74 Å². The smallest absolute Gasteiger partial charge is 0.162 e. The molecule has 1 atom stereocenters. The Morgan fingerprint density at radius 1 is 1.19 bits per heavy atom. The summed E-state index contributed by atoms with van der Waals surface area (Å²) in [7, 11) is 0. The molecule has 26 heavy (non-hydrogen) atoms. The standard InChI is InChI=1S/C21H33NO4/c1-6-19(25)15-7-9-18(10-8-15)26-14-17(24)13-22-20(2,3)11-16(23)12-21(22,4)5/h7-10,16-17,23-24H,6,11-14H2,1-5H3. The largest absolute Gasteiger partial charge is 0.491 e. The summed E-state index contributed by atoms with van der Waals surface area (Å²) in [4.78, 5) is 13.9. The third kappa shape index (κ3) is 5.06. The second-order valence-electron chi connectivity index (χ2n) is 8.56. The van der Waals surface area contributed by atoms with Crippen LogP contribution < -0.4 is 4.74 Å². The molecule has 1 saturated heterocycles. The van der Waals surface area contributed by atoms with E-state index < -0.39 is 6.10 Å². The number of nitrogens with zero attached hydrogens (tertiary/aromatic N) is 1. The van der Waals surface area contributed by atoms with Crippen molar-refractivity contribution in [3.05, 3.63) is 29.8 Å². The molecule has 0 bridgehead atoms. The SMILES string of the molecule is CCC(=O)c1ccc(OCC(O)CN2C(C)(C)CC(O)CC2(C)C)cc1. The maximum absolute atomic E-state index is 11.7. The molecule has 0 spiro atoms. The van der Waals surface area contributed by atoms with Crippen LogP contribution in [-0.2, 0) is 0 Å². The molecule has 5 heteroatoms. The van der Waals surface area contributed by atoms with Crippen molar-refractivity contribution in [3.8, 4) is 5.75 Å². The van der Waals surface area contributed by atoms with Crippen LogP contribution in [0.2, 0.25) is 0 Å². The monoisotopic (exact) mass is 363 g/mol. The second-order valence-corrected chi connectivity index (χ2v) is 8.56. The van der Waals surface area contributed by atoms with Crippen molar-refractivity contribution < 1.29 is 19.7 Å². The first-order chi connectivity index (χ1) is 12.0. The summed E-state index contributed by atoms with van der Waals surface area (Å²) in [5, 5.41) is 20.6. The van der Waals surface area contributed by atoms with Gasteiger partial charge >= 0.3 is 0 Å². The van der Waals surface area contributed by atoms with Crippen molar-refractivity contribution >= 4 is 5.78 Å². The highest BCUT2D eigenvalue weighted by molar-refractivity contribution is 5.95. The molecule has 1 unspecified atom stereocenters. The minimum Gasteiger partial charge on any atom is -0.491 e. The molecule has 146 valence electrons. The maximum atomic E-state index is 11.7. The number of ether oxygens (including phenoxy) is 1. The molecule has 2 rings (SSSR count). The average molecular weight is 363 g/mol. The summed E-state index contributed by atoms with van der Waals surface area (Å²) in [5.41, 5.74) is 0.296. The summed E-state index contributed by atoms with van der Waals surface area (Å²) in [6, 6.07) is 7.04. The summed E-state index contributed by atoms with van der Waals surface area (Å²) >= 11 is 0. The van der Waals surface area contributed by atoms with Crippen molar-refractivity contribution in [2.75, 3.05) is 13.2 Å². The fraction of sp³-hybridized carbons (Fsp3) is 0.667. The summed E-state index contributed by atoms with van der Waals surface area (Å²) < 4.78 is 5.70. The summed E-state index contributed by atoms with van der Waals surface area (Å²) in [6.45, 7) is 10.9. The normalized spacial score (nSPS) is 21.3. The molecule has 1 aliphatic heterocycles. The lowest BCUT2D eigenvalue weighted by Gasteiger charge is -2.54. The van der Waals surface area contributed by atoms with Gasteiger partial charge < -0.3 is 14.9 Å². The number of rotatable bonds is 7. The van der Waals surface area contributed by atoms with Crippen LogP contribution in [0, 0.1) is 0 Å². The number of aliphatic hydroxyl groups excluding tert-OH is 2. The predicted molar refractivity (Wildman–Crippen MR) is 103 cm³/mol. The van der Waals surface area contributed by atoms with Gasteiger partial charge in [0.2, 0.25) is 0 Å². The van der Waals surface area contributed by atoms with Gasteiger partial charge in [0.15, 0.2) is 5.78 Å². The molecule has 0 aliphatic carbocycles.